The lowest BCUT2D eigenvalue weighted by molar-refractivity contribution is 0.208. The van der Waals surface area contributed by atoms with Gasteiger partial charge in [0.2, 0.25) is 5.88 Å². The number of nitrogens with two attached hydrogens (primary N) is 1. The van der Waals surface area contributed by atoms with Crippen LogP contribution in [0.2, 0.25) is 0 Å². The van der Waals surface area contributed by atoms with Gasteiger partial charge in [-0.05, 0) is 5.56 Å². The van der Waals surface area contributed by atoms with Crippen LogP contribution in [-0.4, -0.2) is 16.3 Å². The third-order valence-electron chi connectivity index (χ3n) is 1.94. The number of ether oxygens (including phenoxy) is 1. The van der Waals surface area contributed by atoms with Gasteiger partial charge in [0.05, 0.1) is 6.20 Å². The maximum absolute atomic E-state index is 10.5. The van der Waals surface area contributed by atoms with Gasteiger partial charge >= 0.3 is 6.09 Å². The van der Waals surface area contributed by atoms with Crippen molar-refractivity contribution < 1.29 is 9.53 Å². The van der Waals surface area contributed by atoms with E-state index in [1.807, 2.05) is 30.3 Å². The molecule has 0 saturated carbocycles. The maximum Gasteiger partial charge on any atom is 0.411 e. The summed E-state index contributed by atoms with van der Waals surface area (Å²) in [5.41, 5.74) is 6.66. The van der Waals surface area contributed by atoms with Gasteiger partial charge in [0, 0.05) is 11.6 Å². The Kier molecular flexibility index (Phi) is 2.77. The molecule has 1 amide bonds. The highest BCUT2D eigenvalue weighted by atomic mass is 16.6. The summed E-state index contributed by atoms with van der Waals surface area (Å²) in [7, 11) is 0. The predicted octanol–water partition coefficient (Wildman–Crippen LogP) is 1.60. The highest BCUT2D eigenvalue weighted by molar-refractivity contribution is 5.69. The number of amides is 1. The Morgan fingerprint density at radius 2 is 1.94 bits per heavy atom. The Labute approximate surface area is 91.9 Å². The van der Waals surface area contributed by atoms with Crippen LogP contribution in [0.4, 0.5) is 4.79 Å². The van der Waals surface area contributed by atoms with Crippen molar-refractivity contribution in [2.45, 2.75) is 0 Å². The van der Waals surface area contributed by atoms with Crippen molar-refractivity contribution in [3.63, 3.8) is 0 Å². The fourth-order valence-corrected chi connectivity index (χ4v) is 1.29. The van der Waals surface area contributed by atoms with Crippen molar-refractivity contribution in [3.05, 3.63) is 42.6 Å². The smallest absolute Gasteiger partial charge is 0.390 e. The first-order valence-electron chi connectivity index (χ1n) is 4.61. The summed E-state index contributed by atoms with van der Waals surface area (Å²) in [4.78, 5) is 10.5. The van der Waals surface area contributed by atoms with E-state index in [1.165, 1.54) is 0 Å². The van der Waals surface area contributed by atoms with Crippen molar-refractivity contribution in [2.75, 3.05) is 0 Å². The molecule has 1 aromatic carbocycles. The van der Waals surface area contributed by atoms with E-state index in [1.54, 1.807) is 12.3 Å². The van der Waals surface area contributed by atoms with Crippen molar-refractivity contribution in [2.24, 2.45) is 5.73 Å². The predicted molar refractivity (Wildman–Crippen MR) is 57.7 cm³/mol. The van der Waals surface area contributed by atoms with Gasteiger partial charge in [-0.15, -0.1) is 5.10 Å². The maximum atomic E-state index is 10.5. The first-order chi connectivity index (χ1) is 7.75. The van der Waals surface area contributed by atoms with Gasteiger partial charge in [0.15, 0.2) is 0 Å². The molecule has 2 aromatic rings. The Morgan fingerprint density at radius 3 is 2.62 bits per heavy atom. The minimum absolute atomic E-state index is 0.0915. The highest BCUT2D eigenvalue weighted by Gasteiger charge is 2.04. The van der Waals surface area contributed by atoms with Crippen molar-refractivity contribution in [1.82, 2.24) is 10.2 Å². The van der Waals surface area contributed by atoms with Crippen LogP contribution in [0.5, 0.6) is 5.88 Å². The van der Waals surface area contributed by atoms with Crippen molar-refractivity contribution in [3.8, 4) is 17.0 Å². The molecule has 0 aliphatic carbocycles. The van der Waals surface area contributed by atoms with Crippen LogP contribution in [0.25, 0.3) is 11.1 Å². The zero-order valence-electron chi connectivity index (χ0n) is 8.33. The molecule has 0 aliphatic rings. The van der Waals surface area contributed by atoms with Gasteiger partial charge in [-0.1, -0.05) is 30.3 Å². The van der Waals surface area contributed by atoms with Crippen LogP contribution in [0, 0.1) is 0 Å². The van der Waals surface area contributed by atoms with Crippen LogP contribution >= 0.6 is 0 Å². The number of hydrogen-bond donors (Lipinski definition) is 1. The SMILES string of the molecule is NC(=O)Oc1cc(-c2ccccc2)cnn1. The molecule has 0 unspecified atom stereocenters. The minimum atomic E-state index is -0.903. The second kappa shape index (κ2) is 4.39. The molecule has 1 heterocycles. The monoisotopic (exact) mass is 215 g/mol. The molecular formula is C11H9N3O2. The highest BCUT2D eigenvalue weighted by Crippen LogP contribution is 2.20. The van der Waals surface area contributed by atoms with E-state index in [-0.39, 0.29) is 5.88 Å². The number of hydrogen-bond acceptors (Lipinski definition) is 4. The quantitative estimate of drug-likeness (QED) is 0.825. The lowest BCUT2D eigenvalue weighted by Crippen LogP contribution is -2.17. The minimum Gasteiger partial charge on any atom is -0.390 e. The fourth-order valence-electron chi connectivity index (χ4n) is 1.29. The van der Waals surface area contributed by atoms with E-state index >= 15 is 0 Å². The zero-order valence-corrected chi connectivity index (χ0v) is 8.33. The summed E-state index contributed by atoms with van der Waals surface area (Å²) in [6.07, 6.45) is 0.683. The summed E-state index contributed by atoms with van der Waals surface area (Å²) in [5.74, 6) is 0.0915. The molecule has 2 rings (SSSR count). The number of rotatable bonds is 2. The van der Waals surface area contributed by atoms with E-state index in [4.69, 9.17) is 5.73 Å². The molecule has 0 atom stereocenters. The van der Waals surface area contributed by atoms with Gasteiger partial charge in [-0.2, -0.15) is 5.10 Å². The molecule has 80 valence electrons. The van der Waals surface area contributed by atoms with Gasteiger partial charge in [-0.25, -0.2) is 4.79 Å². The van der Waals surface area contributed by atoms with Crippen LogP contribution in [-0.2, 0) is 0 Å². The molecule has 1 aromatic heterocycles. The van der Waals surface area contributed by atoms with Gasteiger partial charge in [-0.3, -0.25) is 0 Å². The number of carbonyl (C=O) groups is 1. The van der Waals surface area contributed by atoms with E-state index in [2.05, 4.69) is 14.9 Å². The van der Waals surface area contributed by atoms with Crippen LogP contribution in [0.1, 0.15) is 0 Å². The molecule has 0 aliphatic heterocycles. The first kappa shape index (κ1) is 10.1. The molecule has 2 N–H and O–H groups in total. The molecule has 0 bridgehead atoms. The molecule has 0 spiro atoms. The Morgan fingerprint density at radius 1 is 1.19 bits per heavy atom. The summed E-state index contributed by atoms with van der Waals surface area (Å²) in [6.45, 7) is 0. The summed E-state index contributed by atoms with van der Waals surface area (Å²) >= 11 is 0. The van der Waals surface area contributed by atoms with E-state index in [0.29, 0.717) is 0 Å². The molecule has 5 heteroatoms. The zero-order chi connectivity index (χ0) is 11.4. The van der Waals surface area contributed by atoms with Crippen molar-refractivity contribution in [1.29, 1.82) is 0 Å². The largest absolute Gasteiger partial charge is 0.411 e. The third kappa shape index (κ3) is 2.33. The lowest BCUT2D eigenvalue weighted by atomic mass is 10.1. The van der Waals surface area contributed by atoms with Crippen LogP contribution in [0.3, 0.4) is 0 Å². The van der Waals surface area contributed by atoms with Crippen LogP contribution in [0.15, 0.2) is 42.6 Å². The van der Waals surface area contributed by atoms with Gasteiger partial charge in [0.25, 0.3) is 0 Å². The first-order valence-corrected chi connectivity index (χ1v) is 4.61. The number of nitrogens with zero attached hydrogens (tertiary/aromatic N) is 2. The molecule has 5 nitrogen and oxygen atoms in total. The topological polar surface area (TPSA) is 78.1 Å². The summed E-state index contributed by atoms with van der Waals surface area (Å²) in [6, 6.07) is 11.2. The van der Waals surface area contributed by atoms with Gasteiger partial charge < -0.3 is 10.5 Å². The number of primary amides is 1. The Hall–Kier alpha value is -2.43. The van der Waals surface area contributed by atoms with E-state index in [0.717, 1.165) is 11.1 Å². The molecule has 0 saturated heterocycles. The van der Waals surface area contributed by atoms with Crippen molar-refractivity contribution >= 4 is 6.09 Å². The van der Waals surface area contributed by atoms with E-state index in [9.17, 15) is 4.79 Å². The second-order valence-corrected chi connectivity index (χ2v) is 3.07. The second-order valence-electron chi connectivity index (χ2n) is 3.07. The average molecular weight is 215 g/mol. The Balaban J connectivity index is 2.33. The normalized spacial score (nSPS) is 9.75. The molecule has 0 fully saturated rings. The molecular weight excluding hydrogens is 206 g/mol. The standard InChI is InChI=1S/C11H9N3O2/c12-11(15)16-10-6-9(7-13-14-10)8-4-2-1-3-5-8/h1-7H,(H2,12,15). The lowest BCUT2D eigenvalue weighted by Gasteiger charge is -2.02. The van der Waals surface area contributed by atoms with Gasteiger partial charge in [0.1, 0.15) is 0 Å². The molecule has 0 radical (unpaired) electrons. The summed E-state index contributed by atoms with van der Waals surface area (Å²) in [5, 5.41) is 7.36. The number of carbonyl (C=O) groups excluding carboxylic acids is 1. The molecule has 16 heavy (non-hydrogen) atoms. The van der Waals surface area contributed by atoms with Crippen LogP contribution < -0.4 is 10.5 Å². The average Bonchev–Trinajstić information content (AvgIpc) is 2.30. The third-order valence-corrected chi connectivity index (χ3v) is 1.94. The fraction of sp³-hybridized carbons (Fsp3) is 0. The Bertz CT molecular complexity index is 500. The number of benzene rings is 1. The van der Waals surface area contributed by atoms with E-state index < -0.39 is 6.09 Å². The summed E-state index contributed by atoms with van der Waals surface area (Å²) < 4.78 is 4.64. The number of aromatic nitrogens is 2.